The Bertz CT molecular complexity index is 1020. The number of carboxylic acids is 1. The molecule has 1 aromatic carbocycles. The fourth-order valence-electron chi connectivity index (χ4n) is 3.25. The fraction of sp³-hybridized carbons (Fsp3) is 0.316. The van der Waals surface area contributed by atoms with Gasteiger partial charge in [0.15, 0.2) is 0 Å². The van der Waals surface area contributed by atoms with E-state index in [4.69, 9.17) is 0 Å². The highest BCUT2D eigenvalue weighted by Gasteiger charge is 2.54. The van der Waals surface area contributed by atoms with E-state index in [9.17, 15) is 19.5 Å². The van der Waals surface area contributed by atoms with Crippen LogP contribution in [0, 0.1) is 6.92 Å². The van der Waals surface area contributed by atoms with Crippen LogP contribution >= 0.6 is 34.9 Å². The first kappa shape index (κ1) is 20.9. The second-order valence-electron chi connectivity index (χ2n) is 6.70. The largest absolute Gasteiger partial charge is 0.477 e. The highest BCUT2D eigenvalue weighted by molar-refractivity contribution is 8.05. The molecule has 0 saturated carbocycles. The van der Waals surface area contributed by atoms with Crippen LogP contribution in [0.3, 0.4) is 0 Å². The summed E-state index contributed by atoms with van der Waals surface area (Å²) in [4.78, 5) is 38.8. The summed E-state index contributed by atoms with van der Waals surface area (Å²) in [6.45, 7) is 1.86. The molecular formula is C19H18N4O4S3. The monoisotopic (exact) mass is 462 g/mol. The van der Waals surface area contributed by atoms with Crippen LogP contribution in [0.15, 0.2) is 40.9 Å². The minimum atomic E-state index is -1.14. The van der Waals surface area contributed by atoms with Gasteiger partial charge in [0.1, 0.15) is 27.1 Å². The van der Waals surface area contributed by atoms with Crippen molar-refractivity contribution in [3.8, 4) is 0 Å². The van der Waals surface area contributed by atoms with Crippen molar-refractivity contribution in [1.82, 2.24) is 20.4 Å². The lowest BCUT2D eigenvalue weighted by atomic mass is 10.0. The van der Waals surface area contributed by atoms with Crippen molar-refractivity contribution in [2.24, 2.45) is 0 Å². The van der Waals surface area contributed by atoms with Crippen LogP contribution < -0.4 is 5.32 Å². The third kappa shape index (κ3) is 4.23. The van der Waals surface area contributed by atoms with Crippen LogP contribution in [-0.4, -0.2) is 55.2 Å². The molecule has 0 bridgehead atoms. The number of hydrogen-bond donors (Lipinski definition) is 2. The summed E-state index contributed by atoms with van der Waals surface area (Å²) in [7, 11) is 0. The first-order valence-electron chi connectivity index (χ1n) is 9.10. The number of hydrogen-bond acceptors (Lipinski definition) is 8. The van der Waals surface area contributed by atoms with Crippen LogP contribution in [-0.2, 0) is 26.6 Å². The molecule has 0 aliphatic carbocycles. The fourth-order valence-corrected chi connectivity index (χ4v) is 6.58. The summed E-state index contributed by atoms with van der Waals surface area (Å²) in [5.41, 5.74) is 0.857. The SMILES string of the molecule is Cc1nnc(CSC2=C(C(=O)O)N3C(=O)[C@@H](NC(=O)Cc4ccccc4)[C@H]3SC2)s1. The number of nitrogens with one attached hydrogen (secondary N) is 1. The number of β-lactam (4-membered cyclic amide) rings is 1. The Morgan fingerprint density at radius 2 is 2.07 bits per heavy atom. The van der Waals surface area contributed by atoms with Crippen LogP contribution in [0.25, 0.3) is 0 Å². The molecular weight excluding hydrogens is 444 g/mol. The molecule has 1 fully saturated rings. The Morgan fingerprint density at radius 3 is 2.73 bits per heavy atom. The molecule has 0 radical (unpaired) electrons. The quantitative estimate of drug-likeness (QED) is 0.601. The zero-order chi connectivity index (χ0) is 21.3. The molecule has 2 N–H and O–H groups in total. The van der Waals surface area contributed by atoms with Gasteiger partial charge < -0.3 is 10.4 Å². The van der Waals surface area contributed by atoms with E-state index in [1.165, 1.54) is 39.8 Å². The van der Waals surface area contributed by atoms with E-state index >= 15 is 0 Å². The lowest BCUT2D eigenvalue weighted by Gasteiger charge is -2.49. The van der Waals surface area contributed by atoms with Crippen molar-refractivity contribution in [2.75, 3.05) is 5.75 Å². The summed E-state index contributed by atoms with van der Waals surface area (Å²) >= 11 is 4.28. The third-order valence-electron chi connectivity index (χ3n) is 4.60. The summed E-state index contributed by atoms with van der Waals surface area (Å²) in [6.07, 6.45) is 0.173. The minimum Gasteiger partial charge on any atom is -0.477 e. The second-order valence-corrected chi connectivity index (χ2v) is 10.1. The molecule has 2 atom stereocenters. The van der Waals surface area contributed by atoms with E-state index in [0.29, 0.717) is 16.4 Å². The van der Waals surface area contributed by atoms with Gasteiger partial charge in [-0.05, 0) is 12.5 Å². The molecule has 156 valence electrons. The van der Waals surface area contributed by atoms with Gasteiger partial charge in [-0.15, -0.1) is 45.1 Å². The molecule has 1 saturated heterocycles. The highest BCUT2D eigenvalue weighted by atomic mass is 32.2. The number of fused-ring (bicyclic) bond motifs is 1. The lowest BCUT2D eigenvalue weighted by molar-refractivity contribution is -0.150. The standard InChI is InChI=1S/C19H18N4O4S3/c1-10-21-22-14(30-10)9-28-12-8-29-18-15(17(25)23(18)16(12)19(26)27)20-13(24)7-11-5-3-2-4-6-11/h2-6,15,18H,7-9H2,1H3,(H,20,24)(H,26,27)/t15-,18-/m1/s1. The van der Waals surface area contributed by atoms with Gasteiger partial charge in [-0.1, -0.05) is 30.3 Å². The van der Waals surface area contributed by atoms with E-state index in [2.05, 4.69) is 15.5 Å². The molecule has 4 rings (SSSR count). The predicted molar refractivity (Wildman–Crippen MR) is 116 cm³/mol. The Labute approximate surface area is 185 Å². The minimum absolute atomic E-state index is 0.00328. The molecule has 3 heterocycles. The molecule has 30 heavy (non-hydrogen) atoms. The van der Waals surface area contributed by atoms with Crippen LogP contribution in [0.4, 0.5) is 0 Å². The molecule has 2 aliphatic heterocycles. The average Bonchev–Trinajstić information content (AvgIpc) is 3.15. The van der Waals surface area contributed by atoms with E-state index in [1.807, 2.05) is 37.3 Å². The topological polar surface area (TPSA) is 112 Å². The first-order valence-corrected chi connectivity index (χ1v) is 12.0. The number of benzene rings is 1. The molecule has 1 aromatic heterocycles. The van der Waals surface area contributed by atoms with Gasteiger partial charge in [-0.25, -0.2) is 4.79 Å². The van der Waals surface area contributed by atoms with E-state index < -0.39 is 23.3 Å². The van der Waals surface area contributed by atoms with Crippen molar-refractivity contribution in [3.63, 3.8) is 0 Å². The van der Waals surface area contributed by atoms with Gasteiger partial charge in [-0.2, -0.15) is 0 Å². The van der Waals surface area contributed by atoms with E-state index in [-0.39, 0.29) is 18.0 Å². The first-order chi connectivity index (χ1) is 14.4. The van der Waals surface area contributed by atoms with Crippen molar-refractivity contribution in [2.45, 2.75) is 30.5 Å². The van der Waals surface area contributed by atoms with Gasteiger partial charge in [-0.3, -0.25) is 14.5 Å². The summed E-state index contributed by atoms with van der Waals surface area (Å²) < 4.78 is 0. The Balaban J connectivity index is 1.43. The summed E-state index contributed by atoms with van der Waals surface area (Å²) in [5, 5.41) is 21.8. The van der Waals surface area contributed by atoms with Gasteiger partial charge in [0.2, 0.25) is 5.91 Å². The van der Waals surface area contributed by atoms with Gasteiger partial charge in [0.05, 0.1) is 12.2 Å². The molecule has 0 unspecified atom stereocenters. The average molecular weight is 463 g/mol. The summed E-state index contributed by atoms with van der Waals surface area (Å²) in [5.74, 6) is -0.826. The number of amides is 2. The Kier molecular flexibility index (Phi) is 6.11. The maximum Gasteiger partial charge on any atom is 0.353 e. The predicted octanol–water partition coefficient (Wildman–Crippen LogP) is 2.02. The van der Waals surface area contributed by atoms with Crippen molar-refractivity contribution in [3.05, 3.63) is 56.5 Å². The number of rotatable bonds is 7. The maximum absolute atomic E-state index is 12.7. The van der Waals surface area contributed by atoms with Crippen molar-refractivity contribution >= 4 is 52.6 Å². The number of carbonyl (C=O) groups excluding carboxylic acids is 2. The van der Waals surface area contributed by atoms with Crippen molar-refractivity contribution in [1.29, 1.82) is 0 Å². The zero-order valence-corrected chi connectivity index (χ0v) is 18.4. The number of nitrogens with zero attached hydrogens (tertiary/aromatic N) is 3. The third-order valence-corrected chi connectivity index (χ3v) is 8.19. The molecule has 2 amide bonds. The highest BCUT2D eigenvalue weighted by Crippen LogP contribution is 2.44. The van der Waals surface area contributed by atoms with Gasteiger partial charge in [0.25, 0.3) is 5.91 Å². The summed E-state index contributed by atoms with van der Waals surface area (Å²) in [6, 6.07) is 8.55. The maximum atomic E-state index is 12.7. The number of aliphatic carboxylic acids is 1. The number of aromatic nitrogens is 2. The molecule has 8 nitrogen and oxygen atoms in total. The number of aryl methyl sites for hydroxylation is 1. The lowest BCUT2D eigenvalue weighted by Crippen LogP contribution is -2.70. The molecule has 2 aromatic rings. The second kappa shape index (κ2) is 8.78. The number of thioether (sulfide) groups is 2. The van der Waals surface area contributed by atoms with E-state index in [1.54, 1.807) is 0 Å². The number of carboxylic acid groups (broad SMARTS) is 1. The van der Waals surface area contributed by atoms with Crippen LogP contribution in [0.5, 0.6) is 0 Å². The van der Waals surface area contributed by atoms with Gasteiger partial charge in [0, 0.05) is 10.7 Å². The van der Waals surface area contributed by atoms with Crippen LogP contribution in [0.2, 0.25) is 0 Å². The Morgan fingerprint density at radius 1 is 1.30 bits per heavy atom. The smallest absolute Gasteiger partial charge is 0.353 e. The van der Waals surface area contributed by atoms with Gasteiger partial charge >= 0.3 is 5.97 Å². The Hall–Kier alpha value is -2.37. The normalized spacial score (nSPS) is 20.6. The molecule has 2 aliphatic rings. The van der Waals surface area contributed by atoms with E-state index in [0.717, 1.165) is 15.6 Å². The molecule has 0 spiro atoms. The zero-order valence-electron chi connectivity index (χ0n) is 15.9. The van der Waals surface area contributed by atoms with Crippen LogP contribution in [0.1, 0.15) is 15.6 Å². The van der Waals surface area contributed by atoms with Crippen molar-refractivity contribution < 1.29 is 19.5 Å². The number of carbonyl (C=O) groups is 3. The molecule has 11 heteroatoms.